The summed E-state index contributed by atoms with van der Waals surface area (Å²) in [5, 5.41) is 0. The second-order valence-corrected chi connectivity index (χ2v) is 9.47. The van der Waals surface area contributed by atoms with Gasteiger partial charge in [-0.3, -0.25) is 0 Å². The Morgan fingerprint density at radius 3 is 2.89 bits per heavy atom. The molecule has 0 aliphatic carbocycles. The van der Waals surface area contributed by atoms with Crippen LogP contribution in [0.2, 0.25) is 13.1 Å². The molecule has 1 aliphatic rings. The molecule has 0 aromatic carbocycles. The molecule has 1 fully saturated rings. The van der Waals surface area contributed by atoms with E-state index in [1.165, 1.54) is 0 Å². The van der Waals surface area contributed by atoms with Crippen LogP contribution >= 0.6 is 8.03 Å². The molecule has 18 heavy (non-hydrogen) atoms. The van der Waals surface area contributed by atoms with Crippen molar-refractivity contribution in [3.63, 3.8) is 0 Å². The van der Waals surface area contributed by atoms with Crippen molar-refractivity contribution in [3.05, 3.63) is 0 Å². The fraction of sp³-hybridized carbons (Fsp3) is 1.00. The highest BCUT2D eigenvalue weighted by atomic mass is 31.1. The Morgan fingerprint density at radius 2 is 2.28 bits per heavy atom. The summed E-state index contributed by atoms with van der Waals surface area (Å²) >= 11 is 0. The van der Waals surface area contributed by atoms with Crippen molar-refractivity contribution in [1.29, 1.82) is 0 Å². The first-order valence-corrected chi connectivity index (χ1v) is 10.4. The molecule has 2 unspecified atom stereocenters. The first-order valence-electron chi connectivity index (χ1n) is 6.80. The van der Waals surface area contributed by atoms with Gasteiger partial charge in [-0.25, -0.2) is 0 Å². The lowest BCUT2D eigenvalue weighted by Crippen LogP contribution is -2.38. The van der Waals surface area contributed by atoms with Crippen LogP contribution in [0.3, 0.4) is 0 Å². The zero-order valence-electron chi connectivity index (χ0n) is 12.5. The van der Waals surface area contributed by atoms with Crippen LogP contribution in [0.1, 0.15) is 14.7 Å². The highest BCUT2D eigenvalue weighted by Crippen LogP contribution is 2.33. The minimum atomic E-state index is -2.10. The van der Waals surface area contributed by atoms with E-state index < -0.39 is 23.2 Å². The van der Waals surface area contributed by atoms with Gasteiger partial charge in [-0.05, 0) is 31.0 Å². The number of rotatable bonds is 8. The smallest absolute Gasteiger partial charge is 0.398 e. The Labute approximate surface area is 113 Å². The largest absolute Gasteiger partial charge is 0.508 e. The first-order chi connectivity index (χ1) is 8.88. The second-order valence-electron chi connectivity index (χ2n) is 4.69. The van der Waals surface area contributed by atoms with Gasteiger partial charge in [-0.15, -0.1) is 4.52 Å². The van der Waals surface area contributed by atoms with Crippen LogP contribution in [-0.2, 0) is 22.7 Å². The van der Waals surface area contributed by atoms with Gasteiger partial charge in [-0.2, -0.15) is 0 Å². The van der Waals surface area contributed by atoms with Gasteiger partial charge in [0.05, 0.1) is 20.7 Å². The molecule has 0 bridgehead atoms. The van der Waals surface area contributed by atoms with E-state index in [0.29, 0.717) is 25.8 Å². The SMILES string of the molecule is [3H]C1C[C@H](C[P+](=O)OCC)[C@@H](CO[Si](C)(C)OC)O1. The lowest BCUT2D eigenvalue weighted by Gasteiger charge is -2.23. The van der Waals surface area contributed by atoms with E-state index in [1.54, 1.807) is 7.11 Å². The summed E-state index contributed by atoms with van der Waals surface area (Å²) in [4.78, 5) is 0. The Bertz CT molecular complexity index is 305. The molecule has 1 saturated heterocycles. The van der Waals surface area contributed by atoms with Gasteiger partial charge >= 0.3 is 16.6 Å². The summed E-state index contributed by atoms with van der Waals surface area (Å²) in [6, 6.07) is 0. The summed E-state index contributed by atoms with van der Waals surface area (Å²) in [6.07, 6.45) is 0.822. The van der Waals surface area contributed by atoms with Crippen molar-refractivity contribution in [2.45, 2.75) is 32.5 Å². The van der Waals surface area contributed by atoms with Gasteiger partial charge in [0.1, 0.15) is 0 Å². The molecule has 1 aliphatic heterocycles. The summed E-state index contributed by atoms with van der Waals surface area (Å²) in [5.41, 5.74) is 0. The van der Waals surface area contributed by atoms with E-state index in [4.69, 9.17) is 19.5 Å². The molecule has 0 aromatic heterocycles. The Balaban J connectivity index is 2.47. The van der Waals surface area contributed by atoms with Crippen LogP contribution in [-0.4, -0.2) is 47.7 Å². The second kappa shape index (κ2) is 7.67. The number of ether oxygens (including phenoxy) is 1. The third-order valence-corrected chi connectivity index (χ3v) is 6.10. The molecule has 7 heteroatoms. The summed E-state index contributed by atoms with van der Waals surface area (Å²) in [7, 11) is -2.13. The van der Waals surface area contributed by atoms with Gasteiger partial charge in [0.2, 0.25) is 0 Å². The van der Waals surface area contributed by atoms with Crippen molar-refractivity contribution in [2.24, 2.45) is 5.92 Å². The summed E-state index contributed by atoms with van der Waals surface area (Å²) in [6.45, 7) is 6.00. The standard InChI is InChI=1S/C11H24O5PSi/c1-5-15-17(12)9-10-6-7-14-11(10)8-16-18(3,4)13-2/h10-11H,5-9H2,1-4H3/q+1/t10-,11-/m1/s1/i7T/t7?,10-,11-. The van der Waals surface area contributed by atoms with Gasteiger partial charge in [0, 0.05) is 19.6 Å². The Kier molecular flexibility index (Phi) is 6.21. The van der Waals surface area contributed by atoms with Gasteiger partial charge < -0.3 is 13.6 Å². The van der Waals surface area contributed by atoms with Crippen LogP contribution in [0.4, 0.5) is 0 Å². The zero-order chi connectivity index (χ0) is 14.5. The van der Waals surface area contributed by atoms with Crippen molar-refractivity contribution in [3.8, 4) is 0 Å². The maximum Gasteiger partial charge on any atom is 0.508 e. The molecular weight excluding hydrogens is 271 g/mol. The van der Waals surface area contributed by atoms with E-state index >= 15 is 0 Å². The van der Waals surface area contributed by atoms with Crippen LogP contribution in [0, 0.1) is 5.92 Å². The quantitative estimate of drug-likeness (QED) is 0.509. The Hall–Kier alpha value is 0.157. The van der Waals surface area contributed by atoms with Crippen LogP contribution in [0.15, 0.2) is 0 Å². The molecule has 5 nitrogen and oxygen atoms in total. The molecule has 4 atom stereocenters. The maximum absolute atomic E-state index is 11.7. The van der Waals surface area contributed by atoms with Gasteiger partial charge in [0.15, 0.2) is 6.16 Å². The average molecular weight is 297 g/mol. The predicted molar refractivity (Wildman–Crippen MR) is 72.4 cm³/mol. The van der Waals surface area contributed by atoms with Crippen LogP contribution in [0.5, 0.6) is 0 Å². The van der Waals surface area contributed by atoms with E-state index in [1.807, 2.05) is 20.0 Å². The summed E-state index contributed by atoms with van der Waals surface area (Å²) < 4.78 is 41.0. The van der Waals surface area contributed by atoms with Crippen molar-refractivity contribution in [2.75, 3.05) is 33.1 Å². The van der Waals surface area contributed by atoms with Crippen molar-refractivity contribution >= 4 is 16.6 Å². The lowest BCUT2D eigenvalue weighted by molar-refractivity contribution is 0.0392. The number of hydrogen-bond acceptors (Lipinski definition) is 5. The third-order valence-electron chi connectivity index (χ3n) is 2.94. The number of hydrogen-bond donors (Lipinski definition) is 0. The fourth-order valence-electron chi connectivity index (χ4n) is 1.66. The molecule has 0 N–H and O–H groups in total. The van der Waals surface area contributed by atoms with Gasteiger partial charge in [0.25, 0.3) is 0 Å². The maximum atomic E-state index is 11.7. The molecule has 1 heterocycles. The molecule has 0 amide bonds. The zero-order valence-corrected chi connectivity index (χ0v) is 13.4. The summed E-state index contributed by atoms with van der Waals surface area (Å²) in [5.74, 6) is 0.0549. The molecular formula is C11H24O5PSi+. The monoisotopic (exact) mass is 297 g/mol. The minimum absolute atomic E-state index is 0.0549. The van der Waals surface area contributed by atoms with E-state index in [2.05, 4.69) is 0 Å². The topological polar surface area (TPSA) is 54.0 Å². The molecule has 1 rings (SSSR count). The van der Waals surface area contributed by atoms with Crippen molar-refractivity contribution in [1.82, 2.24) is 0 Å². The van der Waals surface area contributed by atoms with Crippen LogP contribution < -0.4 is 0 Å². The Morgan fingerprint density at radius 1 is 1.56 bits per heavy atom. The normalized spacial score (nSPS) is 30.3. The third kappa shape index (κ3) is 5.43. The van der Waals surface area contributed by atoms with E-state index in [-0.39, 0.29) is 12.0 Å². The fourth-order valence-corrected chi connectivity index (χ4v) is 3.51. The minimum Gasteiger partial charge on any atom is -0.398 e. The lowest BCUT2D eigenvalue weighted by atomic mass is 10.1. The molecule has 0 radical (unpaired) electrons. The van der Waals surface area contributed by atoms with Crippen molar-refractivity contribution < 1.29 is 24.0 Å². The van der Waals surface area contributed by atoms with Crippen LogP contribution in [0.25, 0.3) is 0 Å². The molecule has 106 valence electrons. The molecule has 0 saturated carbocycles. The van der Waals surface area contributed by atoms with E-state index in [0.717, 1.165) is 0 Å². The average Bonchev–Trinajstić information content (AvgIpc) is 2.67. The highest BCUT2D eigenvalue weighted by Gasteiger charge is 2.37. The highest BCUT2D eigenvalue weighted by molar-refractivity contribution is 7.39. The molecule has 0 spiro atoms. The predicted octanol–water partition coefficient (Wildman–Crippen LogP) is 2.54. The van der Waals surface area contributed by atoms with E-state index in [9.17, 15) is 4.57 Å². The molecule has 0 aromatic rings. The van der Waals surface area contributed by atoms with Gasteiger partial charge in [-0.1, -0.05) is 0 Å². The first kappa shape index (κ1) is 14.6.